The summed E-state index contributed by atoms with van der Waals surface area (Å²) in [5, 5.41) is 3.14. The van der Waals surface area contributed by atoms with E-state index in [1.54, 1.807) is 14.2 Å². The van der Waals surface area contributed by atoms with Crippen LogP contribution in [0.5, 0.6) is 0 Å². The van der Waals surface area contributed by atoms with Crippen molar-refractivity contribution in [1.82, 2.24) is 10.3 Å². The lowest BCUT2D eigenvalue weighted by molar-refractivity contribution is 0.190. The van der Waals surface area contributed by atoms with E-state index in [0.717, 1.165) is 25.5 Å². The highest BCUT2D eigenvalue weighted by molar-refractivity contribution is 5.41. The number of aromatic nitrogens is 1. The van der Waals surface area contributed by atoms with E-state index in [4.69, 9.17) is 9.47 Å². The van der Waals surface area contributed by atoms with Gasteiger partial charge >= 0.3 is 0 Å². The molecule has 1 rings (SSSR count). The van der Waals surface area contributed by atoms with Gasteiger partial charge < -0.3 is 19.7 Å². The molecule has 0 aliphatic heterocycles. The van der Waals surface area contributed by atoms with Gasteiger partial charge in [-0.05, 0) is 24.7 Å². The van der Waals surface area contributed by atoms with E-state index in [1.165, 1.54) is 5.56 Å². The van der Waals surface area contributed by atoms with Gasteiger partial charge in [0.25, 0.3) is 0 Å². The molecule has 1 N–H and O–H groups in total. The molecule has 1 aromatic heterocycles. The molecule has 0 aromatic carbocycles. The molecule has 0 saturated heterocycles. The van der Waals surface area contributed by atoms with Crippen LogP contribution in [0.4, 0.5) is 5.82 Å². The lowest BCUT2D eigenvalue weighted by Crippen LogP contribution is -2.31. The molecule has 1 aromatic rings. The Kier molecular flexibility index (Phi) is 7.32. The lowest BCUT2D eigenvalue weighted by atomic mass is 10.2. The van der Waals surface area contributed by atoms with Crippen molar-refractivity contribution in [2.75, 3.05) is 52.5 Å². The molecule has 0 aliphatic rings. The van der Waals surface area contributed by atoms with Crippen LogP contribution in [-0.4, -0.2) is 52.6 Å². The summed E-state index contributed by atoms with van der Waals surface area (Å²) in [5.74, 6) is 0.969. The van der Waals surface area contributed by atoms with Gasteiger partial charge in [-0.3, -0.25) is 0 Å². The fourth-order valence-corrected chi connectivity index (χ4v) is 1.69. The number of nitrogens with zero attached hydrogens (tertiary/aromatic N) is 2. The first kappa shape index (κ1) is 14.9. The first-order valence-electron chi connectivity index (χ1n) is 6.14. The molecule has 0 unspecified atom stereocenters. The number of anilines is 1. The van der Waals surface area contributed by atoms with Gasteiger partial charge in [0.1, 0.15) is 5.82 Å². The topological polar surface area (TPSA) is 46.6 Å². The van der Waals surface area contributed by atoms with Gasteiger partial charge in [-0.2, -0.15) is 0 Å². The second-order valence-corrected chi connectivity index (χ2v) is 4.03. The first-order chi connectivity index (χ1) is 8.81. The van der Waals surface area contributed by atoms with Crippen LogP contribution in [0.1, 0.15) is 5.56 Å². The Hall–Kier alpha value is -1.17. The Balaban J connectivity index is 2.72. The number of hydrogen-bond donors (Lipinski definition) is 1. The van der Waals surface area contributed by atoms with E-state index in [9.17, 15) is 0 Å². The molecule has 102 valence electrons. The summed E-state index contributed by atoms with van der Waals surface area (Å²) in [6, 6.07) is 4.12. The van der Waals surface area contributed by atoms with Crippen LogP contribution in [0, 0.1) is 0 Å². The van der Waals surface area contributed by atoms with Gasteiger partial charge in [0.15, 0.2) is 0 Å². The Bertz CT molecular complexity index is 326. The summed E-state index contributed by atoms with van der Waals surface area (Å²) in [7, 11) is 5.35. The van der Waals surface area contributed by atoms with Crippen LogP contribution in [0.25, 0.3) is 0 Å². The minimum absolute atomic E-state index is 0.682. The highest BCUT2D eigenvalue weighted by Gasteiger charge is 2.08. The monoisotopic (exact) mass is 253 g/mol. The van der Waals surface area contributed by atoms with Gasteiger partial charge in [0, 0.05) is 40.1 Å². The van der Waals surface area contributed by atoms with Gasteiger partial charge in [0.05, 0.1) is 13.2 Å². The molecule has 0 bridgehead atoms. The standard InChI is InChI=1S/C13H23N3O2/c1-14-11-12-4-5-15-13(10-12)16(6-8-17-2)7-9-18-3/h4-5,10,14H,6-9,11H2,1-3H3. The summed E-state index contributed by atoms with van der Waals surface area (Å²) >= 11 is 0. The molecule has 0 spiro atoms. The zero-order valence-electron chi connectivity index (χ0n) is 11.5. The van der Waals surface area contributed by atoms with E-state index in [-0.39, 0.29) is 0 Å². The predicted octanol–water partition coefficient (Wildman–Crippen LogP) is 0.900. The molecule has 0 atom stereocenters. The second kappa shape index (κ2) is 8.85. The maximum Gasteiger partial charge on any atom is 0.128 e. The highest BCUT2D eigenvalue weighted by atomic mass is 16.5. The van der Waals surface area contributed by atoms with Crippen molar-refractivity contribution in [3.63, 3.8) is 0 Å². The summed E-state index contributed by atoms with van der Waals surface area (Å²) in [5.41, 5.74) is 1.22. The van der Waals surface area contributed by atoms with Crippen molar-refractivity contribution in [1.29, 1.82) is 0 Å². The largest absolute Gasteiger partial charge is 0.383 e. The predicted molar refractivity (Wildman–Crippen MR) is 73.0 cm³/mol. The first-order valence-corrected chi connectivity index (χ1v) is 6.14. The van der Waals surface area contributed by atoms with Crippen molar-refractivity contribution >= 4 is 5.82 Å². The third-order valence-electron chi connectivity index (χ3n) is 2.65. The molecular weight excluding hydrogens is 230 g/mol. The molecule has 5 heteroatoms. The zero-order valence-corrected chi connectivity index (χ0v) is 11.5. The molecule has 18 heavy (non-hydrogen) atoms. The van der Waals surface area contributed by atoms with Gasteiger partial charge in [0.2, 0.25) is 0 Å². The molecular formula is C13H23N3O2. The summed E-state index contributed by atoms with van der Waals surface area (Å²) in [4.78, 5) is 6.59. The molecule has 0 radical (unpaired) electrons. The van der Waals surface area contributed by atoms with Gasteiger partial charge in [-0.25, -0.2) is 4.98 Å². The van der Waals surface area contributed by atoms with Crippen molar-refractivity contribution in [2.24, 2.45) is 0 Å². The highest BCUT2D eigenvalue weighted by Crippen LogP contribution is 2.12. The lowest BCUT2D eigenvalue weighted by Gasteiger charge is -2.23. The van der Waals surface area contributed by atoms with Gasteiger partial charge in [-0.15, -0.1) is 0 Å². The SMILES string of the molecule is CNCc1ccnc(N(CCOC)CCOC)c1. The van der Waals surface area contributed by atoms with Crippen LogP contribution in [0.3, 0.4) is 0 Å². The zero-order chi connectivity index (χ0) is 13.2. The molecule has 1 heterocycles. The van der Waals surface area contributed by atoms with Crippen LogP contribution in [-0.2, 0) is 16.0 Å². The Morgan fingerprint density at radius 1 is 1.22 bits per heavy atom. The fourth-order valence-electron chi connectivity index (χ4n) is 1.69. The minimum atomic E-state index is 0.682. The number of pyridine rings is 1. The Morgan fingerprint density at radius 3 is 2.44 bits per heavy atom. The van der Waals surface area contributed by atoms with Crippen LogP contribution in [0.15, 0.2) is 18.3 Å². The van der Waals surface area contributed by atoms with E-state index in [0.29, 0.717) is 13.2 Å². The van der Waals surface area contributed by atoms with Crippen molar-refractivity contribution in [2.45, 2.75) is 6.54 Å². The van der Waals surface area contributed by atoms with Crippen LogP contribution in [0.2, 0.25) is 0 Å². The third kappa shape index (κ3) is 5.00. The van der Waals surface area contributed by atoms with Crippen LogP contribution < -0.4 is 10.2 Å². The quantitative estimate of drug-likeness (QED) is 0.708. The van der Waals surface area contributed by atoms with E-state index in [1.807, 2.05) is 19.3 Å². The average molecular weight is 253 g/mol. The summed E-state index contributed by atoms with van der Waals surface area (Å²) in [6.07, 6.45) is 1.84. The number of hydrogen-bond acceptors (Lipinski definition) is 5. The maximum atomic E-state index is 5.13. The third-order valence-corrected chi connectivity index (χ3v) is 2.65. The van der Waals surface area contributed by atoms with Crippen molar-refractivity contribution in [3.8, 4) is 0 Å². The molecule has 0 saturated carbocycles. The molecule has 5 nitrogen and oxygen atoms in total. The smallest absolute Gasteiger partial charge is 0.128 e. The van der Waals surface area contributed by atoms with E-state index in [2.05, 4.69) is 21.3 Å². The summed E-state index contributed by atoms with van der Waals surface area (Å²) in [6.45, 7) is 3.84. The number of nitrogens with one attached hydrogen (secondary N) is 1. The second-order valence-electron chi connectivity index (χ2n) is 4.03. The molecule has 0 amide bonds. The Labute approximate surface area is 109 Å². The maximum absolute atomic E-state index is 5.13. The number of methoxy groups -OCH3 is 2. The summed E-state index contributed by atoms with van der Waals surface area (Å²) < 4.78 is 10.3. The average Bonchev–Trinajstić information content (AvgIpc) is 2.40. The van der Waals surface area contributed by atoms with E-state index >= 15 is 0 Å². The Morgan fingerprint density at radius 2 is 1.89 bits per heavy atom. The molecule has 0 fully saturated rings. The normalized spacial score (nSPS) is 10.6. The number of rotatable bonds is 9. The number of ether oxygens (including phenoxy) is 2. The van der Waals surface area contributed by atoms with Gasteiger partial charge in [-0.1, -0.05) is 0 Å². The molecule has 0 aliphatic carbocycles. The van der Waals surface area contributed by atoms with Crippen molar-refractivity contribution < 1.29 is 9.47 Å². The van der Waals surface area contributed by atoms with Crippen LogP contribution >= 0.6 is 0 Å². The van der Waals surface area contributed by atoms with Crippen molar-refractivity contribution in [3.05, 3.63) is 23.9 Å². The van der Waals surface area contributed by atoms with E-state index < -0.39 is 0 Å². The fraction of sp³-hybridized carbons (Fsp3) is 0.615. The minimum Gasteiger partial charge on any atom is -0.383 e.